The van der Waals surface area contributed by atoms with Crippen LogP contribution in [0.25, 0.3) is 5.76 Å². The molecule has 3 aromatic rings. The van der Waals surface area contributed by atoms with Crippen LogP contribution in [-0.4, -0.2) is 16.8 Å². The highest BCUT2D eigenvalue weighted by atomic mass is 16.3. The van der Waals surface area contributed by atoms with E-state index < -0.39 is 17.7 Å². The third kappa shape index (κ3) is 3.55. The minimum atomic E-state index is -0.706. The lowest BCUT2D eigenvalue weighted by atomic mass is 9.93. The molecular formula is C27H25NO3. The lowest BCUT2D eigenvalue weighted by Gasteiger charge is -2.27. The van der Waals surface area contributed by atoms with Gasteiger partial charge in [-0.25, -0.2) is 0 Å². The first kappa shape index (κ1) is 20.6. The average Bonchev–Trinajstić information content (AvgIpc) is 3.01. The Balaban J connectivity index is 2.00. The highest BCUT2D eigenvalue weighted by molar-refractivity contribution is 6.51. The number of Topliss-reactive ketones (excluding diaryl/α,β-unsaturated/α-hetero) is 1. The van der Waals surface area contributed by atoms with Crippen LogP contribution in [0.4, 0.5) is 5.69 Å². The fraction of sp³-hybridized carbons (Fsp3) is 0.185. The number of rotatable bonds is 3. The standard InChI is InChI=1S/C27H25NO3/c1-16-11-13-22(19(4)14-16)28-24(20-8-6-5-7-9-20)23(26(30)27(28)31)25(29)21-15-17(2)10-12-18(21)3/h5-15,24,29H,1-4H3/b25-23+. The minimum absolute atomic E-state index is 0.116. The number of nitrogens with zero attached hydrogens (tertiary/aromatic N) is 1. The smallest absolute Gasteiger partial charge is 0.300 e. The molecule has 1 aliphatic heterocycles. The number of carbonyl (C=O) groups excluding carboxylic acids is 2. The molecule has 156 valence electrons. The van der Waals surface area contributed by atoms with Gasteiger partial charge in [-0.3, -0.25) is 14.5 Å². The van der Waals surface area contributed by atoms with E-state index in [1.807, 2.05) is 94.4 Å². The van der Waals surface area contributed by atoms with Crippen LogP contribution in [0.2, 0.25) is 0 Å². The van der Waals surface area contributed by atoms with Gasteiger partial charge in [0.1, 0.15) is 5.76 Å². The van der Waals surface area contributed by atoms with E-state index in [4.69, 9.17) is 0 Å². The monoisotopic (exact) mass is 411 g/mol. The Morgan fingerprint density at radius 2 is 1.45 bits per heavy atom. The summed E-state index contributed by atoms with van der Waals surface area (Å²) in [7, 11) is 0. The molecule has 1 unspecified atom stereocenters. The van der Waals surface area contributed by atoms with Crippen LogP contribution in [0, 0.1) is 27.7 Å². The molecule has 3 aromatic carbocycles. The lowest BCUT2D eigenvalue weighted by molar-refractivity contribution is -0.132. The van der Waals surface area contributed by atoms with E-state index in [1.54, 1.807) is 0 Å². The largest absolute Gasteiger partial charge is 0.507 e. The van der Waals surface area contributed by atoms with Gasteiger partial charge in [-0.05, 0) is 56.5 Å². The zero-order chi connectivity index (χ0) is 22.3. The molecule has 1 atom stereocenters. The van der Waals surface area contributed by atoms with Crippen molar-refractivity contribution in [3.63, 3.8) is 0 Å². The molecule has 4 nitrogen and oxygen atoms in total. The molecule has 0 saturated carbocycles. The van der Waals surface area contributed by atoms with Crippen LogP contribution >= 0.6 is 0 Å². The van der Waals surface area contributed by atoms with E-state index in [1.165, 1.54) is 4.90 Å². The zero-order valence-electron chi connectivity index (χ0n) is 18.1. The summed E-state index contributed by atoms with van der Waals surface area (Å²) >= 11 is 0. The van der Waals surface area contributed by atoms with Crippen molar-refractivity contribution in [2.75, 3.05) is 4.90 Å². The van der Waals surface area contributed by atoms with E-state index in [-0.39, 0.29) is 11.3 Å². The predicted molar refractivity (Wildman–Crippen MR) is 123 cm³/mol. The van der Waals surface area contributed by atoms with Crippen LogP contribution in [-0.2, 0) is 9.59 Å². The molecule has 1 saturated heterocycles. The summed E-state index contributed by atoms with van der Waals surface area (Å²) in [6.45, 7) is 7.72. The Labute approximate surface area is 182 Å². The molecule has 0 radical (unpaired) electrons. The molecule has 4 rings (SSSR count). The first-order chi connectivity index (χ1) is 14.8. The highest BCUT2D eigenvalue weighted by Crippen LogP contribution is 2.43. The molecular weight excluding hydrogens is 386 g/mol. The summed E-state index contributed by atoms with van der Waals surface area (Å²) in [5.41, 5.74) is 5.90. The van der Waals surface area contributed by atoms with E-state index in [0.29, 0.717) is 11.3 Å². The molecule has 1 aliphatic rings. The molecule has 1 N–H and O–H groups in total. The summed E-state index contributed by atoms with van der Waals surface area (Å²) in [5.74, 6) is -1.44. The normalized spacial score (nSPS) is 17.9. The second-order valence-electron chi connectivity index (χ2n) is 8.19. The summed E-state index contributed by atoms with van der Waals surface area (Å²) in [5, 5.41) is 11.3. The number of ketones is 1. The number of hydrogen-bond donors (Lipinski definition) is 1. The maximum absolute atomic E-state index is 13.3. The van der Waals surface area contributed by atoms with E-state index in [9.17, 15) is 14.7 Å². The molecule has 1 fully saturated rings. The number of amides is 1. The molecule has 0 aliphatic carbocycles. The second kappa shape index (κ2) is 7.88. The fourth-order valence-electron chi connectivity index (χ4n) is 4.24. The SMILES string of the molecule is Cc1ccc(N2C(=O)C(=O)/C(=C(/O)c3cc(C)ccc3C)C2c2ccccc2)c(C)c1. The van der Waals surface area contributed by atoms with Gasteiger partial charge in [-0.2, -0.15) is 0 Å². The molecule has 1 amide bonds. The van der Waals surface area contributed by atoms with Crippen molar-refractivity contribution in [2.24, 2.45) is 0 Å². The molecule has 31 heavy (non-hydrogen) atoms. The van der Waals surface area contributed by atoms with Crippen LogP contribution in [0.3, 0.4) is 0 Å². The number of carbonyl (C=O) groups is 2. The Morgan fingerprint density at radius 1 is 0.806 bits per heavy atom. The number of benzene rings is 3. The van der Waals surface area contributed by atoms with Crippen LogP contribution in [0.15, 0.2) is 72.3 Å². The van der Waals surface area contributed by atoms with Crippen molar-refractivity contribution in [1.82, 2.24) is 0 Å². The molecule has 4 heteroatoms. The number of anilines is 1. The maximum atomic E-state index is 13.3. The maximum Gasteiger partial charge on any atom is 0.300 e. The van der Waals surface area contributed by atoms with Gasteiger partial charge in [-0.15, -0.1) is 0 Å². The van der Waals surface area contributed by atoms with Gasteiger partial charge < -0.3 is 5.11 Å². The second-order valence-corrected chi connectivity index (χ2v) is 8.19. The highest BCUT2D eigenvalue weighted by Gasteiger charge is 2.47. The first-order valence-electron chi connectivity index (χ1n) is 10.3. The van der Waals surface area contributed by atoms with E-state index in [0.717, 1.165) is 27.8 Å². The van der Waals surface area contributed by atoms with Crippen molar-refractivity contribution in [2.45, 2.75) is 33.7 Å². The van der Waals surface area contributed by atoms with Gasteiger partial charge >= 0.3 is 0 Å². The summed E-state index contributed by atoms with van der Waals surface area (Å²) in [6.07, 6.45) is 0. The van der Waals surface area contributed by atoms with Crippen molar-refractivity contribution < 1.29 is 14.7 Å². The van der Waals surface area contributed by atoms with Gasteiger partial charge in [0.15, 0.2) is 0 Å². The quantitative estimate of drug-likeness (QED) is 0.349. The number of aryl methyl sites for hydroxylation is 4. The summed E-state index contributed by atoms with van der Waals surface area (Å²) < 4.78 is 0. The lowest BCUT2D eigenvalue weighted by Crippen LogP contribution is -2.30. The summed E-state index contributed by atoms with van der Waals surface area (Å²) in [4.78, 5) is 28.0. The van der Waals surface area contributed by atoms with Gasteiger partial charge in [0.25, 0.3) is 11.7 Å². The van der Waals surface area contributed by atoms with Gasteiger partial charge in [-0.1, -0.05) is 65.7 Å². The Kier molecular flexibility index (Phi) is 5.24. The number of aliphatic hydroxyl groups excluding tert-OH is 1. The third-order valence-electron chi connectivity index (χ3n) is 5.82. The number of aliphatic hydroxyl groups is 1. The molecule has 0 aromatic heterocycles. The van der Waals surface area contributed by atoms with Crippen molar-refractivity contribution in [3.05, 3.63) is 106 Å². The summed E-state index contributed by atoms with van der Waals surface area (Å²) in [6, 6.07) is 20.2. The van der Waals surface area contributed by atoms with E-state index in [2.05, 4.69) is 0 Å². The molecule has 0 spiro atoms. The van der Waals surface area contributed by atoms with Crippen molar-refractivity contribution >= 4 is 23.1 Å². The third-order valence-corrected chi connectivity index (χ3v) is 5.82. The average molecular weight is 412 g/mol. The van der Waals surface area contributed by atoms with Crippen LogP contribution < -0.4 is 4.90 Å². The predicted octanol–water partition coefficient (Wildman–Crippen LogP) is 5.55. The minimum Gasteiger partial charge on any atom is -0.507 e. The van der Waals surface area contributed by atoms with Crippen molar-refractivity contribution in [3.8, 4) is 0 Å². The van der Waals surface area contributed by atoms with Crippen molar-refractivity contribution in [1.29, 1.82) is 0 Å². The molecule has 0 bridgehead atoms. The van der Waals surface area contributed by atoms with Gasteiger partial charge in [0.2, 0.25) is 0 Å². The van der Waals surface area contributed by atoms with E-state index >= 15 is 0 Å². The number of hydrogen-bond acceptors (Lipinski definition) is 3. The fourth-order valence-corrected chi connectivity index (χ4v) is 4.24. The van der Waals surface area contributed by atoms with Crippen LogP contribution in [0.1, 0.15) is 39.4 Å². The Morgan fingerprint density at radius 3 is 2.13 bits per heavy atom. The zero-order valence-corrected chi connectivity index (χ0v) is 18.1. The van der Waals surface area contributed by atoms with Gasteiger partial charge in [0.05, 0.1) is 11.6 Å². The first-order valence-corrected chi connectivity index (χ1v) is 10.3. The Hall–Kier alpha value is -3.66. The molecule has 1 heterocycles. The van der Waals surface area contributed by atoms with Crippen LogP contribution in [0.5, 0.6) is 0 Å². The topological polar surface area (TPSA) is 57.6 Å². The Bertz CT molecular complexity index is 1220. The van der Waals surface area contributed by atoms with Gasteiger partial charge in [0, 0.05) is 11.3 Å².